The van der Waals surface area contributed by atoms with Crippen LogP contribution in [0, 0.1) is 17.3 Å². The van der Waals surface area contributed by atoms with E-state index in [1.807, 2.05) is 27.7 Å². The number of hydrogen-bond acceptors (Lipinski definition) is 4. The molecule has 1 rings (SSSR count). The molecule has 2 unspecified atom stereocenters. The maximum Gasteiger partial charge on any atom is 0.335 e. The van der Waals surface area contributed by atoms with Gasteiger partial charge in [0, 0.05) is 0 Å². The second-order valence-corrected chi connectivity index (χ2v) is 6.92. The first-order valence-corrected chi connectivity index (χ1v) is 7.49. The van der Waals surface area contributed by atoms with Gasteiger partial charge in [0.05, 0.1) is 12.0 Å². The molecule has 0 aromatic rings. The molecule has 3 N–H and O–H groups in total. The number of hydrogen-bond donors (Lipinski definition) is 2. The monoisotopic (exact) mass is 284 g/mol. The van der Waals surface area contributed by atoms with Crippen LogP contribution in [-0.4, -0.2) is 17.9 Å². The summed E-state index contributed by atoms with van der Waals surface area (Å²) in [5.41, 5.74) is 7.62. The Morgan fingerprint density at radius 2 is 1.75 bits per heavy atom. The van der Waals surface area contributed by atoms with Gasteiger partial charge in [-0.3, -0.25) is 4.79 Å². The van der Waals surface area contributed by atoms with Gasteiger partial charge in [-0.2, -0.15) is 5.48 Å². The molecule has 0 aliphatic heterocycles. The van der Waals surface area contributed by atoms with E-state index in [9.17, 15) is 9.59 Å². The summed E-state index contributed by atoms with van der Waals surface area (Å²) >= 11 is 0. The predicted molar refractivity (Wildman–Crippen MR) is 77.4 cm³/mol. The van der Waals surface area contributed by atoms with Crippen LogP contribution < -0.4 is 11.2 Å². The molecule has 0 heterocycles. The number of carbonyl (C=O) groups is 2. The average molecular weight is 284 g/mol. The van der Waals surface area contributed by atoms with E-state index in [0.717, 1.165) is 12.8 Å². The number of carbonyl (C=O) groups excluding carboxylic acids is 2. The molecule has 2 atom stereocenters. The van der Waals surface area contributed by atoms with E-state index in [-0.39, 0.29) is 17.3 Å². The van der Waals surface area contributed by atoms with Crippen LogP contribution in [0.15, 0.2) is 0 Å². The minimum Gasteiger partial charge on any atom is -0.340 e. The summed E-state index contributed by atoms with van der Waals surface area (Å²) < 4.78 is 0. The van der Waals surface area contributed by atoms with Crippen molar-refractivity contribution in [3.8, 4) is 0 Å². The van der Waals surface area contributed by atoms with E-state index in [4.69, 9.17) is 10.6 Å². The summed E-state index contributed by atoms with van der Waals surface area (Å²) in [6.07, 6.45) is 5.71. The van der Waals surface area contributed by atoms with Crippen molar-refractivity contribution in [3.05, 3.63) is 0 Å². The Labute approximate surface area is 121 Å². The minimum absolute atomic E-state index is 0.179. The zero-order valence-electron chi connectivity index (χ0n) is 13.1. The second-order valence-electron chi connectivity index (χ2n) is 6.92. The number of nitrogens with two attached hydrogens (primary N) is 1. The molecule has 1 fully saturated rings. The third-order valence-electron chi connectivity index (χ3n) is 4.20. The smallest absolute Gasteiger partial charge is 0.335 e. The fourth-order valence-corrected chi connectivity index (χ4v) is 2.48. The van der Waals surface area contributed by atoms with Gasteiger partial charge in [-0.25, -0.2) is 4.79 Å². The molecule has 1 amide bonds. The van der Waals surface area contributed by atoms with Crippen molar-refractivity contribution < 1.29 is 14.4 Å². The first kappa shape index (κ1) is 17.0. The summed E-state index contributed by atoms with van der Waals surface area (Å²) in [5.74, 6) is -0.640. The molecule has 0 bridgehead atoms. The Balaban J connectivity index is 2.40. The van der Waals surface area contributed by atoms with Crippen LogP contribution >= 0.6 is 0 Å². The molecular weight excluding hydrogens is 256 g/mol. The molecule has 116 valence electrons. The normalized spacial score (nSPS) is 20.1. The van der Waals surface area contributed by atoms with Crippen molar-refractivity contribution in [3.63, 3.8) is 0 Å². The molecule has 1 aliphatic rings. The summed E-state index contributed by atoms with van der Waals surface area (Å²) in [7, 11) is 0. The summed E-state index contributed by atoms with van der Waals surface area (Å²) in [6, 6.07) is -0.708. The molecule has 5 heteroatoms. The van der Waals surface area contributed by atoms with E-state index in [0.29, 0.717) is 5.92 Å². The minimum atomic E-state index is -0.708. The van der Waals surface area contributed by atoms with Gasteiger partial charge < -0.3 is 10.6 Å². The quantitative estimate of drug-likeness (QED) is 0.778. The first-order valence-electron chi connectivity index (χ1n) is 7.49. The van der Waals surface area contributed by atoms with E-state index in [1.54, 1.807) is 0 Å². The molecule has 0 aromatic heterocycles. The molecule has 0 aromatic carbocycles. The highest BCUT2D eigenvalue weighted by atomic mass is 16.7. The maximum atomic E-state index is 11.9. The topological polar surface area (TPSA) is 81.4 Å². The largest absolute Gasteiger partial charge is 0.340 e. The molecule has 20 heavy (non-hydrogen) atoms. The lowest BCUT2D eigenvalue weighted by Gasteiger charge is -2.27. The summed E-state index contributed by atoms with van der Waals surface area (Å²) in [6.45, 7) is 7.46. The molecule has 1 saturated carbocycles. The highest BCUT2D eigenvalue weighted by molar-refractivity contribution is 5.83. The molecular formula is C15H28N2O3. The highest BCUT2D eigenvalue weighted by Crippen LogP contribution is 2.30. The lowest BCUT2D eigenvalue weighted by Crippen LogP contribution is -2.49. The molecule has 0 radical (unpaired) electrons. The van der Waals surface area contributed by atoms with Crippen molar-refractivity contribution in [2.45, 2.75) is 65.8 Å². The SMILES string of the molecule is CC(C(=O)ONC(=O)C(N)C(C)(C)C)C1CCCCC1. The van der Waals surface area contributed by atoms with Crippen LogP contribution in [0.5, 0.6) is 0 Å². The first-order chi connectivity index (χ1) is 9.23. The Hall–Kier alpha value is -1.10. The zero-order chi connectivity index (χ0) is 15.3. The molecule has 1 aliphatic carbocycles. The van der Waals surface area contributed by atoms with Gasteiger partial charge in [0.1, 0.15) is 0 Å². The van der Waals surface area contributed by atoms with E-state index in [2.05, 4.69) is 5.48 Å². The lowest BCUT2D eigenvalue weighted by molar-refractivity contribution is -0.164. The fraction of sp³-hybridized carbons (Fsp3) is 0.867. The van der Waals surface area contributed by atoms with Gasteiger partial charge in [-0.05, 0) is 24.2 Å². The number of nitrogens with one attached hydrogen (secondary N) is 1. The van der Waals surface area contributed by atoms with Crippen molar-refractivity contribution in [1.29, 1.82) is 0 Å². The van der Waals surface area contributed by atoms with Crippen LogP contribution in [0.4, 0.5) is 0 Å². The van der Waals surface area contributed by atoms with Crippen molar-refractivity contribution in [2.75, 3.05) is 0 Å². The van der Waals surface area contributed by atoms with Gasteiger partial charge in [0.15, 0.2) is 0 Å². The van der Waals surface area contributed by atoms with Crippen molar-refractivity contribution >= 4 is 11.9 Å². The standard InChI is InChI=1S/C15H28N2O3/c1-10(11-8-6-5-7-9-11)14(19)20-17-13(18)12(16)15(2,3)4/h10-12H,5-9,16H2,1-4H3,(H,17,18). The molecule has 0 saturated heterocycles. The van der Waals surface area contributed by atoms with Crippen LogP contribution in [0.2, 0.25) is 0 Å². The van der Waals surface area contributed by atoms with E-state index >= 15 is 0 Å². The molecule has 5 nitrogen and oxygen atoms in total. The Morgan fingerprint density at radius 3 is 2.25 bits per heavy atom. The van der Waals surface area contributed by atoms with Crippen LogP contribution in [0.25, 0.3) is 0 Å². The van der Waals surface area contributed by atoms with Gasteiger partial charge in [-0.1, -0.05) is 47.0 Å². The van der Waals surface area contributed by atoms with Crippen molar-refractivity contribution in [1.82, 2.24) is 5.48 Å². The van der Waals surface area contributed by atoms with Crippen LogP contribution in [-0.2, 0) is 14.4 Å². The van der Waals surface area contributed by atoms with Gasteiger partial charge >= 0.3 is 5.97 Å². The fourth-order valence-electron chi connectivity index (χ4n) is 2.48. The van der Waals surface area contributed by atoms with Crippen LogP contribution in [0.1, 0.15) is 59.8 Å². The zero-order valence-corrected chi connectivity index (χ0v) is 13.1. The lowest BCUT2D eigenvalue weighted by atomic mass is 9.81. The van der Waals surface area contributed by atoms with Crippen LogP contribution in [0.3, 0.4) is 0 Å². The van der Waals surface area contributed by atoms with Gasteiger partial charge in [0.2, 0.25) is 0 Å². The second kappa shape index (κ2) is 7.07. The van der Waals surface area contributed by atoms with E-state index in [1.165, 1.54) is 19.3 Å². The van der Waals surface area contributed by atoms with E-state index < -0.39 is 11.9 Å². The third-order valence-corrected chi connectivity index (χ3v) is 4.20. The Kier molecular flexibility index (Phi) is 5.99. The average Bonchev–Trinajstić information content (AvgIpc) is 2.42. The third kappa shape index (κ3) is 4.78. The van der Waals surface area contributed by atoms with Crippen molar-refractivity contribution in [2.24, 2.45) is 23.0 Å². The number of amides is 1. The summed E-state index contributed by atoms with van der Waals surface area (Å²) in [5, 5.41) is 0. The van der Waals surface area contributed by atoms with Gasteiger partial charge in [0.25, 0.3) is 5.91 Å². The Morgan fingerprint density at radius 1 is 1.20 bits per heavy atom. The highest BCUT2D eigenvalue weighted by Gasteiger charge is 2.30. The van der Waals surface area contributed by atoms with Gasteiger partial charge in [-0.15, -0.1) is 0 Å². The summed E-state index contributed by atoms with van der Waals surface area (Å²) in [4.78, 5) is 28.6. The number of hydroxylamine groups is 1. The predicted octanol–water partition coefficient (Wildman–Crippen LogP) is 2.15. The maximum absolute atomic E-state index is 11.9. The number of rotatable bonds is 3. The molecule has 0 spiro atoms. The Bertz CT molecular complexity index is 344.